The SMILES string of the molecule is CN1C(=O)CCC1c1cccc(S(C)(=O)=O)c1. The Bertz CT molecular complexity index is 551. The average Bonchev–Trinajstić information content (AvgIpc) is 2.59. The predicted octanol–water partition coefficient (Wildman–Crippen LogP) is 1.38. The van der Waals surface area contributed by atoms with Gasteiger partial charge in [-0.05, 0) is 24.1 Å². The van der Waals surface area contributed by atoms with E-state index >= 15 is 0 Å². The first-order chi connectivity index (χ1) is 7.89. The number of hydrogen-bond acceptors (Lipinski definition) is 3. The number of rotatable bonds is 2. The highest BCUT2D eigenvalue weighted by atomic mass is 32.2. The summed E-state index contributed by atoms with van der Waals surface area (Å²) in [6, 6.07) is 6.84. The molecule has 1 saturated heterocycles. The summed E-state index contributed by atoms with van der Waals surface area (Å²) in [4.78, 5) is 13.4. The van der Waals surface area contributed by atoms with Crippen LogP contribution in [0.3, 0.4) is 0 Å². The first-order valence-electron chi connectivity index (χ1n) is 5.45. The Morgan fingerprint density at radius 2 is 2.06 bits per heavy atom. The van der Waals surface area contributed by atoms with Gasteiger partial charge >= 0.3 is 0 Å². The van der Waals surface area contributed by atoms with E-state index in [1.165, 1.54) is 6.26 Å². The lowest BCUT2D eigenvalue weighted by Gasteiger charge is -2.20. The molecule has 0 radical (unpaired) electrons. The highest BCUT2D eigenvalue weighted by Gasteiger charge is 2.29. The Morgan fingerprint density at radius 3 is 2.59 bits per heavy atom. The Balaban J connectivity index is 2.38. The molecule has 1 heterocycles. The topological polar surface area (TPSA) is 54.5 Å². The first kappa shape index (κ1) is 12.1. The molecule has 1 aromatic carbocycles. The van der Waals surface area contributed by atoms with Crippen molar-refractivity contribution in [1.82, 2.24) is 4.90 Å². The molecule has 0 spiro atoms. The third-order valence-corrected chi connectivity index (χ3v) is 4.27. The summed E-state index contributed by atoms with van der Waals surface area (Å²) in [6.45, 7) is 0. The van der Waals surface area contributed by atoms with E-state index in [1.54, 1.807) is 30.1 Å². The van der Waals surface area contributed by atoms with Gasteiger partial charge in [0.25, 0.3) is 0 Å². The molecule has 1 amide bonds. The van der Waals surface area contributed by atoms with Crippen molar-refractivity contribution in [3.63, 3.8) is 0 Å². The molecule has 0 bridgehead atoms. The van der Waals surface area contributed by atoms with E-state index in [1.807, 2.05) is 6.07 Å². The van der Waals surface area contributed by atoms with Crippen molar-refractivity contribution in [2.75, 3.05) is 13.3 Å². The Morgan fingerprint density at radius 1 is 1.35 bits per heavy atom. The molecule has 92 valence electrons. The molecular weight excluding hydrogens is 238 g/mol. The highest BCUT2D eigenvalue weighted by Crippen LogP contribution is 2.32. The zero-order valence-electron chi connectivity index (χ0n) is 9.88. The van der Waals surface area contributed by atoms with Gasteiger partial charge in [-0.2, -0.15) is 0 Å². The van der Waals surface area contributed by atoms with E-state index in [9.17, 15) is 13.2 Å². The molecular formula is C12H15NO3S. The van der Waals surface area contributed by atoms with Crippen molar-refractivity contribution in [1.29, 1.82) is 0 Å². The molecule has 1 aliphatic rings. The van der Waals surface area contributed by atoms with Gasteiger partial charge in [-0.1, -0.05) is 12.1 Å². The first-order valence-corrected chi connectivity index (χ1v) is 7.34. The fourth-order valence-electron chi connectivity index (χ4n) is 2.15. The number of hydrogen-bond donors (Lipinski definition) is 0. The molecule has 1 fully saturated rings. The summed E-state index contributed by atoms with van der Waals surface area (Å²) >= 11 is 0. The standard InChI is InChI=1S/C12H15NO3S/c1-13-11(6-7-12(13)14)9-4-3-5-10(8-9)17(2,15)16/h3-5,8,11H,6-7H2,1-2H3. The predicted molar refractivity (Wildman–Crippen MR) is 64.3 cm³/mol. The van der Waals surface area contributed by atoms with Crippen LogP contribution in [0, 0.1) is 0 Å². The van der Waals surface area contributed by atoms with Gasteiger partial charge < -0.3 is 4.90 Å². The summed E-state index contributed by atoms with van der Waals surface area (Å²) < 4.78 is 22.9. The van der Waals surface area contributed by atoms with Crippen molar-refractivity contribution >= 4 is 15.7 Å². The molecule has 1 aliphatic heterocycles. The average molecular weight is 253 g/mol. The Kier molecular flexibility index (Phi) is 2.95. The van der Waals surface area contributed by atoms with E-state index in [4.69, 9.17) is 0 Å². The van der Waals surface area contributed by atoms with Crippen molar-refractivity contribution in [3.05, 3.63) is 29.8 Å². The molecule has 0 saturated carbocycles. The van der Waals surface area contributed by atoms with Gasteiger partial charge in [0.05, 0.1) is 10.9 Å². The lowest BCUT2D eigenvalue weighted by atomic mass is 10.1. The van der Waals surface area contributed by atoms with Crippen LogP contribution in [0.2, 0.25) is 0 Å². The summed E-state index contributed by atoms with van der Waals surface area (Å²) in [5, 5.41) is 0. The van der Waals surface area contributed by atoms with Crippen molar-refractivity contribution in [3.8, 4) is 0 Å². The molecule has 0 aromatic heterocycles. The largest absolute Gasteiger partial charge is 0.339 e. The molecule has 5 heteroatoms. The normalized spacial score (nSPS) is 20.9. The summed E-state index contributed by atoms with van der Waals surface area (Å²) in [7, 11) is -1.43. The third kappa shape index (κ3) is 2.34. The van der Waals surface area contributed by atoms with Crippen LogP contribution >= 0.6 is 0 Å². The minimum Gasteiger partial charge on any atom is -0.339 e. The van der Waals surface area contributed by atoms with E-state index in [2.05, 4.69) is 0 Å². The van der Waals surface area contributed by atoms with Gasteiger partial charge in [-0.3, -0.25) is 4.79 Å². The van der Waals surface area contributed by atoms with Crippen LogP contribution in [0.5, 0.6) is 0 Å². The second-order valence-corrected chi connectivity index (χ2v) is 6.42. The van der Waals surface area contributed by atoms with Crippen LogP contribution in [0.25, 0.3) is 0 Å². The number of sulfone groups is 1. The maximum absolute atomic E-state index is 11.5. The van der Waals surface area contributed by atoms with Crippen molar-refractivity contribution in [2.45, 2.75) is 23.8 Å². The van der Waals surface area contributed by atoms with Crippen LogP contribution in [0.15, 0.2) is 29.2 Å². The minimum atomic E-state index is -3.19. The van der Waals surface area contributed by atoms with Crippen LogP contribution < -0.4 is 0 Å². The van der Waals surface area contributed by atoms with Crippen LogP contribution in [0.1, 0.15) is 24.4 Å². The summed E-state index contributed by atoms with van der Waals surface area (Å²) in [6.07, 6.45) is 2.47. The summed E-state index contributed by atoms with van der Waals surface area (Å²) in [5.41, 5.74) is 0.890. The van der Waals surface area contributed by atoms with Gasteiger partial charge in [-0.15, -0.1) is 0 Å². The molecule has 0 aliphatic carbocycles. The van der Waals surface area contributed by atoms with E-state index in [0.717, 1.165) is 12.0 Å². The third-order valence-electron chi connectivity index (χ3n) is 3.16. The van der Waals surface area contributed by atoms with Gasteiger partial charge in [0.1, 0.15) is 0 Å². The lowest BCUT2D eigenvalue weighted by molar-refractivity contribution is -0.127. The van der Waals surface area contributed by atoms with Gasteiger partial charge in [0.15, 0.2) is 9.84 Å². The Labute approximate surface area is 101 Å². The second kappa shape index (κ2) is 4.14. The van der Waals surface area contributed by atoms with Gasteiger partial charge in [0, 0.05) is 19.7 Å². The van der Waals surface area contributed by atoms with Crippen LogP contribution in [0.4, 0.5) is 0 Å². The lowest BCUT2D eigenvalue weighted by Crippen LogP contribution is -2.22. The van der Waals surface area contributed by atoms with Gasteiger partial charge in [0.2, 0.25) is 5.91 Å². The van der Waals surface area contributed by atoms with E-state index in [-0.39, 0.29) is 11.9 Å². The molecule has 0 N–H and O–H groups in total. The van der Waals surface area contributed by atoms with E-state index in [0.29, 0.717) is 11.3 Å². The summed E-state index contributed by atoms with van der Waals surface area (Å²) in [5.74, 6) is 0.111. The molecule has 2 rings (SSSR count). The molecule has 4 nitrogen and oxygen atoms in total. The molecule has 1 atom stereocenters. The maximum Gasteiger partial charge on any atom is 0.222 e. The number of carbonyl (C=O) groups excluding carboxylic acids is 1. The fourth-order valence-corrected chi connectivity index (χ4v) is 2.82. The number of carbonyl (C=O) groups is 1. The molecule has 17 heavy (non-hydrogen) atoms. The van der Waals surface area contributed by atoms with Crippen molar-refractivity contribution < 1.29 is 13.2 Å². The van der Waals surface area contributed by atoms with E-state index < -0.39 is 9.84 Å². The fraction of sp³-hybridized carbons (Fsp3) is 0.417. The zero-order valence-corrected chi connectivity index (χ0v) is 10.7. The number of amides is 1. The molecule has 1 unspecified atom stereocenters. The number of nitrogens with zero attached hydrogens (tertiary/aromatic N) is 1. The quantitative estimate of drug-likeness (QED) is 0.800. The van der Waals surface area contributed by atoms with Crippen LogP contribution in [-0.2, 0) is 14.6 Å². The molecule has 1 aromatic rings. The maximum atomic E-state index is 11.5. The smallest absolute Gasteiger partial charge is 0.222 e. The number of likely N-dealkylation sites (tertiary alicyclic amines) is 1. The van der Waals surface area contributed by atoms with Crippen molar-refractivity contribution in [2.24, 2.45) is 0 Å². The highest BCUT2D eigenvalue weighted by molar-refractivity contribution is 7.90. The number of benzene rings is 1. The zero-order chi connectivity index (χ0) is 12.6. The second-order valence-electron chi connectivity index (χ2n) is 4.40. The monoisotopic (exact) mass is 253 g/mol. The Hall–Kier alpha value is -1.36. The van der Waals surface area contributed by atoms with Crippen LogP contribution in [-0.4, -0.2) is 32.5 Å². The minimum absolute atomic E-state index is 0.00389. The van der Waals surface area contributed by atoms with Gasteiger partial charge in [-0.25, -0.2) is 8.42 Å².